The van der Waals surface area contributed by atoms with Gasteiger partial charge in [0.1, 0.15) is 10.6 Å². The average molecular weight is 337 g/mol. The maximum absolute atomic E-state index is 12.5. The molecule has 0 bridgehead atoms. The molecule has 2 rings (SSSR count). The zero-order valence-electron chi connectivity index (χ0n) is 10.3. The van der Waals surface area contributed by atoms with Crippen LogP contribution in [0.3, 0.4) is 0 Å². The zero-order chi connectivity index (χ0) is 15.7. The summed E-state index contributed by atoms with van der Waals surface area (Å²) >= 11 is 5.63. The topological polar surface area (TPSA) is 43.4 Å². The van der Waals surface area contributed by atoms with Crippen molar-refractivity contribution in [3.8, 4) is 5.75 Å². The fourth-order valence-electron chi connectivity index (χ4n) is 1.50. The molecule has 8 heteroatoms. The van der Waals surface area contributed by atoms with E-state index in [1.165, 1.54) is 24.3 Å². The Morgan fingerprint density at radius 2 is 1.62 bits per heavy atom. The highest BCUT2D eigenvalue weighted by Crippen LogP contribution is 2.32. The first kappa shape index (κ1) is 15.7. The summed E-state index contributed by atoms with van der Waals surface area (Å²) in [6.07, 6.45) is -4.58. The average Bonchev–Trinajstić information content (AvgIpc) is 2.38. The quantitative estimate of drug-likeness (QED) is 0.792. The van der Waals surface area contributed by atoms with Gasteiger partial charge in [0.2, 0.25) is 0 Å². The second-order valence-electron chi connectivity index (χ2n) is 4.02. The van der Waals surface area contributed by atoms with E-state index in [1.807, 2.05) is 0 Å². The van der Waals surface area contributed by atoms with E-state index in [9.17, 15) is 21.6 Å². The van der Waals surface area contributed by atoms with Crippen LogP contribution in [0.15, 0.2) is 53.4 Å². The Bertz CT molecular complexity index is 740. The molecular formula is C13H8ClF3O3S. The molecule has 0 fully saturated rings. The highest BCUT2D eigenvalue weighted by Gasteiger charge is 2.31. The van der Waals surface area contributed by atoms with Crippen molar-refractivity contribution >= 4 is 21.7 Å². The number of hydrogen-bond donors (Lipinski definition) is 0. The van der Waals surface area contributed by atoms with E-state index in [0.717, 1.165) is 18.2 Å². The van der Waals surface area contributed by atoms with E-state index in [4.69, 9.17) is 15.8 Å². The monoisotopic (exact) mass is 336 g/mol. The lowest BCUT2D eigenvalue weighted by Gasteiger charge is -2.10. The van der Waals surface area contributed by atoms with Crippen LogP contribution in [0.1, 0.15) is 5.56 Å². The molecule has 0 aliphatic carbocycles. The summed E-state index contributed by atoms with van der Waals surface area (Å²) in [6, 6.07) is 8.71. The van der Waals surface area contributed by atoms with Gasteiger partial charge in [0, 0.05) is 5.02 Å². The van der Waals surface area contributed by atoms with Crippen molar-refractivity contribution in [2.24, 2.45) is 0 Å². The van der Waals surface area contributed by atoms with Crippen molar-refractivity contribution in [2.45, 2.75) is 11.1 Å². The maximum Gasteiger partial charge on any atom is 0.416 e. The summed E-state index contributed by atoms with van der Waals surface area (Å²) in [5, 5.41) is 0.327. The number of hydrogen-bond acceptors (Lipinski definition) is 3. The van der Waals surface area contributed by atoms with Gasteiger partial charge >= 0.3 is 16.3 Å². The molecule has 0 amide bonds. The number of halogens is 4. The molecule has 0 heterocycles. The molecular weight excluding hydrogens is 329 g/mol. The van der Waals surface area contributed by atoms with Crippen LogP contribution in [0.25, 0.3) is 0 Å². The Kier molecular flexibility index (Phi) is 4.15. The highest BCUT2D eigenvalue weighted by molar-refractivity contribution is 7.87. The largest absolute Gasteiger partial charge is 0.416 e. The minimum Gasteiger partial charge on any atom is -0.379 e. The Balaban J connectivity index is 2.31. The third-order valence-corrected chi connectivity index (χ3v) is 3.98. The van der Waals surface area contributed by atoms with Gasteiger partial charge in [0.25, 0.3) is 0 Å². The molecule has 0 saturated heterocycles. The SMILES string of the molecule is O=S(=O)(Oc1cccc(C(F)(F)F)c1)c1ccc(Cl)cc1. The smallest absolute Gasteiger partial charge is 0.379 e. The molecule has 0 aliphatic rings. The Morgan fingerprint density at radius 1 is 1.00 bits per heavy atom. The Morgan fingerprint density at radius 3 is 2.19 bits per heavy atom. The maximum atomic E-state index is 12.5. The predicted molar refractivity (Wildman–Crippen MR) is 70.7 cm³/mol. The van der Waals surface area contributed by atoms with Gasteiger partial charge in [-0.15, -0.1) is 0 Å². The van der Waals surface area contributed by atoms with Gasteiger partial charge in [-0.2, -0.15) is 21.6 Å². The van der Waals surface area contributed by atoms with Crippen molar-refractivity contribution in [1.29, 1.82) is 0 Å². The molecule has 0 aliphatic heterocycles. The summed E-state index contributed by atoms with van der Waals surface area (Å²) in [7, 11) is -4.22. The van der Waals surface area contributed by atoms with Gasteiger partial charge in [-0.1, -0.05) is 17.7 Å². The molecule has 2 aromatic rings. The van der Waals surface area contributed by atoms with Gasteiger partial charge < -0.3 is 4.18 Å². The van der Waals surface area contributed by atoms with Gasteiger partial charge in [0.15, 0.2) is 0 Å². The van der Waals surface area contributed by atoms with Crippen LogP contribution in [0.4, 0.5) is 13.2 Å². The van der Waals surface area contributed by atoms with E-state index in [-0.39, 0.29) is 4.90 Å². The van der Waals surface area contributed by atoms with Crippen LogP contribution < -0.4 is 4.18 Å². The summed E-state index contributed by atoms with van der Waals surface area (Å²) < 4.78 is 66.2. The summed E-state index contributed by atoms with van der Waals surface area (Å²) in [5.74, 6) is -0.417. The minimum atomic E-state index is -4.58. The highest BCUT2D eigenvalue weighted by atomic mass is 35.5. The lowest BCUT2D eigenvalue weighted by atomic mass is 10.2. The van der Waals surface area contributed by atoms with Crippen LogP contribution in [0, 0.1) is 0 Å². The van der Waals surface area contributed by atoms with E-state index in [1.54, 1.807) is 0 Å². The van der Waals surface area contributed by atoms with Crippen molar-refractivity contribution in [3.05, 3.63) is 59.1 Å². The van der Waals surface area contributed by atoms with Crippen LogP contribution in [-0.2, 0) is 16.3 Å². The number of benzene rings is 2. The molecule has 0 N–H and O–H groups in total. The van der Waals surface area contributed by atoms with E-state index < -0.39 is 27.6 Å². The molecule has 0 atom stereocenters. The lowest BCUT2D eigenvalue weighted by Crippen LogP contribution is -2.11. The number of rotatable bonds is 3. The van der Waals surface area contributed by atoms with Crippen molar-refractivity contribution in [2.75, 3.05) is 0 Å². The Hall–Kier alpha value is -1.73. The van der Waals surface area contributed by atoms with Gasteiger partial charge in [0.05, 0.1) is 5.56 Å². The first-order valence-electron chi connectivity index (χ1n) is 5.56. The second kappa shape index (κ2) is 5.57. The normalized spacial score (nSPS) is 12.2. The lowest BCUT2D eigenvalue weighted by molar-refractivity contribution is -0.137. The number of alkyl halides is 3. The molecule has 0 aromatic heterocycles. The summed E-state index contributed by atoms with van der Waals surface area (Å²) in [5.41, 5.74) is -0.994. The summed E-state index contributed by atoms with van der Waals surface area (Å²) in [4.78, 5) is -0.204. The molecule has 2 aromatic carbocycles. The zero-order valence-corrected chi connectivity index (χ0v) is 11.8. The van der Waals surface area contributed by atoms with Gasteiger partial charge in [-0.25, -0.2) is 0 Å². The Labute approximate surface area is 124 Å². The molecule has 21 heavy (non-hydrogen) atoms. The van der Waals surface area contributed by atoms with Gasteiger partial charge in [-0.3, -0.25) is 0 Å². The minimum absolute atomic E-state index is 0.204. The third-order valence-electron chi connectivity index (χ3n) is 2.47. The van der Waals surface area contributed by atoms with E-state index in [0.29, 0.717) is 11.1 Å². The van der Waals surface area contributed by atoms with Crippen LogP contribution in [0.2, 0.25) is 5.02 Å². The predicted octanol–water partition coefficient (Wildman–Crippen LogP) is 4.13. The van der Waals surface area contributed by atoms with E-state index >= 15 is 0 Å². The van der Waals surface area contributed by atoms with Crippen molar-refractivity contribution in [1.82, 2.24) is 0 Å². The molecule has 112 valence electrons. The molecule has 0 radical (unpaired) electrons. The first-order valence-corrected chi connectivity index (χ1v) is 7.34. The molecule has 0 saturated carbocycles. The molecule has 3 nitrogen and oxygen atoms in total. The second-order valence-corrected chi connectivity index (χ2v) is 6.00. The molecule has 0 spiro atoms. The van der Waals surface area contributed by atoms with E-state index in [2.05, 4.69) is 0 Å². The fourth-order valence-corrected chi connectivity index (χ4v) is 2.55. The van der Waals surface area contributed by atoms with Crippen molar-refractivity contribution in [3.63, 3.8) is 0 Å². The third kappa shape index (κ3) is 3.89. The van der Waals surface area contributed by atoms with Crippen LogP contribution in [-0.4, -0.2) is 8.42 Å². The van der Waals surface area contributed by atoms with Crippen molar-refractivity contribution < 1.29 is 25.8 Å². The van der Waals surface area contributed by atoms with Gasteiger partial charge in [-0.05, 0) is 42.5 Å². The first-order chi connectivity index (χ1) is 9.68. The standard InChI is InChI=1S/C13H8ClF3O3S/c14-10-4-6-12(7-5-10)21(18,19)20-11-3-1-2-9(8-11)13(15,16)17/h1-8H. The van der Waals surface area contributed by atoms with Crippen LogP contribution in [0.5, 0.6) is 5.75 Å². The molecule has 0 unspecified atom stereocenters. The summed E-state index contributed by atoms with van der Waals surface area (Å²) in [6.45, 7) is 0. The fraction of sp³-hybridized carbons (Fsp3) is 0.0769. The van der Waals surface area contributed by atoms with Crippen LogP contribution >= 0.6 is 11.6 Å².